The third kappa shape index (κ3) is 7.10. The standard InChI is InChI=1S/C13H16F3NO3/c14-13(15,16)9-20-6-5-12(19)17-7-10-1-3-11(8-18)4-2-10/h1-4,18H,5-9H2,(H,17,19). The van der Waals surface area contributed by atoms with Crippen LogP contribution in [0.4, 0.5) is 13.2 Å². The smallest absolute Gasteiger partial charge is 0.392 e. The van der Waals surface area contributed by atoms with Crippen LogP contribution in [0.5, 0.6) is 0 Å². The fourth-order valence-corrected chi connectivity index (χ4v) is 1.40. The molecule has 7 heteroatoms. The first-order valence-electron chi connectivity index (χ1n) is 6.00. The maximum Gasteiger partial charge on any atom is 0.411 e. The molecule has 0 atom stereocenters. The van der Waals surface area contributed by atoms with Crippen molar-refractivity contribution >= 4 is 5.91 Å². The first-order valence-corrected chi connectivity index (χ1v) is 6.00. The number of aliphatic hydroxyl groups excluding tert-OH is 1. The number of aliphatic hydroxyl groups is 1. The van der Waals surface area contributed by atoms with E-state index in [1.807, 2.05) is 0 Å². The SMILES string of the molecule is O=C(CCOCC(F)(F)F)NCc1ccc(CO)cc1. The van der Waals surface area contributed by atoms with E-state index in [0.29, 0.717) is 0 Å². The van der Waals surface area contributed by atoms with Crippen molar-refractivity contribution in [2.75, 3.05) is 13.2 Å². The Bertz CT molecular complexity index is 418. The molecule has 112 valence electrons. The number of benzene rings is 1. The summed E-state index contributed by atoms with van der Waals surface area (Å²) in [6.45, 7) is -1.38. The molecule has 0 aliphatic heterocycles. The van der Waals surface area contributed by atoms with Gasteiger partial charge in [0.2, 0.25) is 5.91 Å². The molecule has 0 spiro atoms. The van der Waals surface area contributed by atoms with Crippen LogP contribution in [0.2, 0.25) is 0 Å². The minimum atomic E-state index is -4.37. The van der Waals surface area contributed by atoms with Crippen molar-refractivity contribution in [2.45, 2.75) is 25.7 Å². The van der Waals surface area contributed by atoms with Crippen LogP contribution >= 0.6 is 0 Å². The molecule has 0 radical (unpaired) electrons. The molecule has 4 nitrogen and oxygen atoms in total. The van der Waals surface area contributed by atoms with Crippen LogP contribution in [0.15, 0.2) is 24.3 Å². The first kappa shape index (κ1) is 16.5. The van der Waals surface area contributed by atoms with Crippen molar-refractivity contribution in [1.82, 2.24) is 5.32 Å². The molecule has 0 bridgehead atoms. The zero-order valence-electron chi connectivity index (χ0n) is 10.7. The molecule has 0 saturated heterocycles. The Balaban J connectivity index is 2.19. The van der Waals surface area contributed by atoms with Gasteiger partial charge in [-0.05, 0) is 11.1 Å². The van der Waals surface area contributed by atoms with Crippen LogP contribution in [0.3, 0.4) is 0 Å². The van der Waals surface area contributed by atoms with Crippen molar-refractivity contribution in [3.63, 3.8) is 0 Å². The van der Waals surface area contributed by atoms with Gasteiger partial charge in [0, 0.05) is 13.0 Å². The molecule has 0 aliphatic carbocycles. The van der Waals surface area contributed by atoms with Crippen LogP contribution in [0.1, 0.15) is 17.5 Å². The third-order valence-corrected chi connectivity index (χ3v) is 2.43. The number of carbonyl (C=O) groups excluding carboxylic acids is 1. The summed E-state index contributed by atoms with van der Waals surface area (Å²) >= 11 is 0. The Hall–Kier alpha value is -1.60. The normalized spacial score (nSPS) is 11.4. The molecule has 0 aliphatic rings. The largest absolute Gasteiger partial charge is 0.411 e. The van der Waals surface area contributed by atoms with E-state index in [-0.39, 0.29) is 32.1 Å². The summed E-state index contributed by atoms with van der Waals surface area (Å²) in [4.78, 5) is 11.4. The van der Waals surface area contributed by atoms with Crippen molar-refractivity contribution in [3.8, 4) is 0 Å². The van der Waals surface area contributed by atoms with E-state index in [0.717, 1.165) is 11.1 Å². The van der Waals surface area contributed by atoms with Crippen molar-refractivity contribution in [1.29, 1.82) is 0 Å². The van der Waals surface area contributed by atoms with Gasteiger partial charge in [-0.1, -0.05) is 24.3 Å². The summed E-state index contributed by atoms with van der Waals surface area (Å²) in [5.74, 6) is -0.376. The highest BCUT2D eigenvalue weighted by molar-refractivity contribution is 5.75. The van der Waals surface area contributed by atoms with E-state index in [9.17, 15) is 18.0 Å². The summed E-state index contributed by atoms with van der Waals surface area (Å²) in [5.41, 5.74) is 1.60. The highest BCUT2D eigenvalue weighted by Crippen LogP contribution is 2.14. The first-order chi connectivity index (χ1) is 9.40. The van der Waals surface area contributed by atoms with Gasteiger partial charge in [0.05, 0.1) is 13.2 Å². The quantitative estimate of drug-likeness (QED) is 0.753. The van der Waals surface area contributed by atoms with E-state index >= 15 is 0 Å². The second-order valence-corrected chi connectivity index (χ2v) is 4.17. The van der Waals surface area contributed by atoms with Gasteiger partial charge in [0.25, 0.3) is 0 Å². The second kappa shape index (κ2) is 7.86. The highest BCUT2D eigenvalue weighted by atomic mass is 19.4. The maximum atomic E-state index is 11.8. The molecule has 1 amide bonds. The van der Waals surface area contributed by atoms with E-state index in [2.05, 4.69) is 10.1 Å². The van der Waals surface area contributed by atoms with Crippen molar-refractivity contribution < 1.29 is 27.8 Å². The van der Waals surface area contributed by atoms with E-state index < -0.39 is 12.8 Å². The Morgan fingerprint density at radius 3 is 2.35 bits per heavy atom. The summed E-state index contributed by atoms with van der Waals surface area (Å²) in [6.07, 6.45) is -4.49. The molecule has 20 heavy (non-hydrogen) atoms. The van der Waals surface area contributed by atoms with Gasteiger partial charge >= 0.3 is 6.18 Å². The Kier molecular flexibility index (Phi) is 6.47. The predicted molar refractivity (Wildman–Crippen MR) is 65.7 cm³/mol. The molecule has 1 rings (SSSR count). The van der Waals surface area contributed by atoms with Crippen LogP contribution in [-0.2, 0) is 22.7 Å². The molecule has 0 aromatic heterocycles. The number of hydrogen-bond acceptors (Lipinski definition) is 3. The minimum absolute atomic E-state index is 0.0524. The van der Waals surface area contributed by atoms with Crippen LogP contribution in [0, 0.1) is 0 Å². The third-order valence-electron chi connectivity index (χ3n) is 2.43. The van der Waals surface area contributed by atoms with E-state index in [1.54, 1.807) is 24.3 Å². The van der Waals surface area contributed by atoms with Gasteiger partial charge in [-0.25, -0.2) is 0 Å². The van der Waals surface area contributed by atoms with Gasteiger partial charge in [-0.3, -0.25) is 4.79 Å². The number of hydrogen-bond donors (Lipinski definition) is 2. The van der Waals surface area contributed by atoms with Crippen molar-refractivity contribution in [2.24, 2.45) is 0 Å². The van der Waals surface area contributed by atoms with E-state index in [4.69, 9.17) is 5.11 Å². The monoisotopic (exact) mass is 291 g/mol. The lowest BCUT2D eigenvalue weighted by Crippen LogP contribution is -2.25. The lowest BCUT2D eigenvalue weighted by molar-refractivity contribution is -0.174. The lowest BCUT2D eigenvalue weighted by Gasteiger charge is -2.08. The number of nitrogens with one attached hydrogen (secondary N) is 1. The molecule has 1 aromatic carbocycles. The van der Waals surface area contributed by atoms with Crippen LogP contribution < -0.4 is 5.32 Å². The maximum absolute atomic E-state index is 11.8. The average Bonchev–Trinajstić information content (AvgIpc) is 2.41. The zero-order chi connectivity index (χ0) is 15.0. The molecule has 0 saturated carbocycles. The summed E-state index contributed by atoms with van der Waals surface area (Å²) in [5, 5.41) is 11.4. The molecule has 2 N–H and O–H groups in total. The molecular weight excluding hydrogens is 275 g/mol. The minimum Gasteiger partial charge on any atom is -0.392 e. The number of alkyl halides is 3. The Morgan fingerprint density at radius 2 is 1.80 bits per heavy atom. The number of carbonyl (C=O) groups is 1. The van der Waals surface area contributed by atoms with Gasteiger partial charge < -0.3 is 15.2 Å². The number of amides is 1. The number of ether oxygens (including phenoxy) is 1. The number of halogens is 3. The summed E-state index contributed by atoms with van der Waals surface area (Å²) in [6, 6.07) is 6.97. The van der Waals surface area contributed by atoms with Crippen LogP contribution in [-0.4, -0.2) is 30.4 Å². The topological polar surface area (TPSA) is 58.6 Å². The molecular formula is C13H16F3NO3. The predicted octanol–water partition coefficient (Wildman–Crippen LogP) is 1.76. The molecule has 0 fully saturated rings. The summed E-state index contributed by atoms with van der Waals surface area (Å²) in [7, 11) is 0. The Morgan fingerprint density at radius 1 is 1.20 bits per heavy atom. The Labute approximate surface area is 114 Å². The average molecular weight is 291 g/mol. The van der Waals surface area contributed by atoms with Gasteiger partial charge in [-0.2, -0.15) is 13.2 Å². The fourth-order valence-electron chi connectivity index (χ4n) is 1.40. The van der Waals surface area contributed by atoms with E-state index in [1.165, 1.54) is 0 Å². The number of rotatable bonds is 7. The molecule has 0 heterocycles. The molecule has 0 unspecified atom stereocenters. The highest BCUT2D eigenvalue weighted by Gasteiger charge is 2.27. The van der Waals surface area contributed by atoms with Crippen LogP contribution in [0.25, 0.3) is 0 Å². The molecule has 1 aromatic rings. The lowest BCUT2D eigenvalue weighted by atomic mass is 10.1. The van der Waals surface area contributed by atoms with Gasteiger partial charge in [0.15, 0.2) is 0 Å². The zero-order valence-corrected chi connectivity index (χ0v) is 10.7. The second-order valence-electron chi connectivity index (χ2n) is 4.17. The fraction of sp³-hybridized carbons (Fsp3) is 0.462. The summed E-state index contributed by atoms with van der Waals surface area (Å²) < 4.78 is 39.6. The van der Waals surface area contributed by atoms with Gasteiger partial charge in [-0.15, -0.1) is 0 Å². The van der Waals surface area contributed by atoms with Crippen molar-refractivity contribution in [3.05, 3.63) is 35.4 Å². The van der Waals surface area contributed by atoms with Gasteiger partial charge in [0.1, 0.15) is 6.61 Å².